The topological polar surface area (TPSA) is 20.3 Å². The van der Waals surface area contributed by atoms with Crippen LogP contribution in [0.1, 0.15) is 47.3 Å². The van der Waals surface area contributed by atoms with Gasteiger partial charge in [0, 0.05) is 26.9 Å². The second-order valence-corrected chi connectivity index (χ2v) is 4.35. The first-order chi connectivity index (χ1) is 7.76. The maximum atomic E-state index is 11.4. The third-order valence-electron chi connectivity index (χ3n) is 2.09. The van der Waals surface area contributed by atoms with Crippen LogP contribution < -0.4 is 0 Å². The highest BCUT2D eigenvalue weighted by atomic mass is 16.2. The van der Waals surface area contributed by atoms with E-state index in [9.17, 15) is 4.79 Å². The molecule has 0 aliphatic carbocycles. The van der Waals surface area contributed by atoms with Crippen LogP contribution in [-0.2, 0) is 4.79 Å². The monoisotopic (exact) mass is 188 g/mol. The van der Waals surface area contributed by atoms with Gasteiger partial charge < -0.3 is 4.90 Å². The first-order valence-electron chi connectivity index (χ1n) is 7.02. The number of rotatable bonds is 0. The first-order valence-corrected chi connectivity index (χ1v) is 4.52. The summed E-state index contributed by atoms with van der Waals surface area (Å²) in [7, 11) is 0. The van der Waals surface area contributed by atoms with E-state index in [0.29, 0.717) is 0 Å². The molecule has 1 fully saturated rings. The van der Waals surface area contributed by atoms with Crippen molar-refractivity contribution in [3.63, 3.8) is 0 Å². The predicted molar refractivity (Wildman–Crippen MR) is 54.4 cm³/mol. The second-order valence-electron chi connectivity index (χ2n) is 4.35. The molecule has 0 atom stereocenters. The molecule has 2 heteroatoms. The lowest BCUT2D eigenvalue weighted by atomic mass is 9.75. The molecule has 0 bridgehead atoms. The summed E-state index contributed by atoms with van der Waals surface area (Å²) in [5.74, 6) is -2.27. The minimum absolute atomic E-state index is 0.234. The molecule has 0 spiro atoms. The molecule has 1 saturated heterocycles. The molecule has 1 aliphatic heterocycles. The number of hydrogen-bond acceptors (Lipinski definition) is 1. The van der Waals surface area contributed by atoms with E-state index >= 15 is 0 Å². The Kier molecular flexibility index (Phi) is 1.52. The van der Waals surface area contributed by atoms with Gasteiger partial charge in [-0.05, 0) is 24.1 Å². The lowest BCUT2D eigenvalue weighted by molar-refractivity contribution is -0.130. The third-order valence-corrected chi connectivity index (χ3v) is 2.09. The molecular formula is C11H21NO. The molecule has 0 saturated carbocycles. The van der Waals surface area contributed by atoms with E-state index in [-0.39, 0.29) is 19.0 Å². The van der Waals surface area contributed by atoms with Crippen molar-refractivity contribution in [1.82, 2.24) is 4.90 Å². The Labute approximate surface area is 88.3 Å². The maximum absolute atomic E-state index is 11.4. The van der Waals surface area contributed by atoms with E-state index in [1.807, 2.05) is 0 Å². The van der Waals surface area contributed by atoms with Gasteiger partial charge in [-0.15, -0.1) is 0 Å². The normalized spacial score (nSPS) is 36.3. The van der Waals surface area contributed by atoms with Gasteiger partial charge in [0.1, 0.15) is 0 Å². The Bertz CT molecular complexity index is 343. The zero-order chi connectivity index (χ0) is 14.6. The van der Waals surface area contributed by atoms with Gasteiger partial charge in [0.25, 0.3) is 0 Å². The fourth-order valence-corrected chi connectivity index (χ4v) is 1.22. The van der Waals surface area contributed by atoms with Crippen LogP contribution in [0.15, 0.2) is 0 Å². The van der Waals surface area contributed by atoms with Crippen LogP contribution in [0.2, 0.25) is 0 Å². The van der Waals surface area contributed by atoms with E-state index in [2.05, 4.69) is 0 Å². The summed E-state index contributed by atoms with van der Waals surface area (Å²) in [5.41, 5.74) is -0.872. The van der Waals surface area contributed by atoms with Gasteiger partial charge in [-0.1, -0.05) is 20.8 Å². The van der Waals surface area contributed by atoms with E-state index in [0.717, 1.165) is 4.90 Å². The molecule has 76 valence electrons. The number of likely N-dealkylation sites (tertiary alicyclic amines) is 1. The Morgan fingerprint density at radius 1 is 1.46 bits per heavy atom. The van der Waals surface area contributed by atoms with Crippen molar-refractivity contribution >= 4 is 5.91 Å². The molecule has 1 amide bonds. The average Bonchev–Trinajstić information content (AvgIpc) is 2.10. The van der Waals surface area contributed by atoms with E-state index in [1.54, 1.807) is 20.8 Å². The Morgan fingerprint density at radius 2 is 1.92 bits per heavy atom. The number of nitrogens with zero attached hydrogens (tertiary/aromatic N) is 1. The van der Waals surface area contributed by atoms with Gasteiger partial charge in [-0.25, -0.2) is 0 Å². The summed E-state index contributed by atoms with van der Waals surface area (Å²) in [6.07, 6.45) is -4.20. The summed E-state index contributed by atoms with van der Waals surface area (Å²) < 4.78 is 40.7. The zero-order valence-electron chi connectivity index (χ0n) is 13.8. The molecule has 0 unspecified atom stereocenters. The molecule has 0 aromatic rings. The van der Waals surface area contributed by atoms with Crippen LogP contribution in [0.4, 0.5) is 0 Å². The lowest BCUT2D eigenvalue weighted by Gasteiger charge is -2.38. The molecule has 0 aromatic carbocycles. The fourth-order valence-electron chi connectivity index (χ4n) is 1.22. The maximum Gasteiger partial charge on any atom is 0.219 e. The Morgan fingerprint density at radius 3 is 2.23 bits per heavy atom. The number of amides is 1. The average molecular weight is 188 g/mol. The third kappa shape index (κ3) is 2.71. The SMILES string of the molecule is [2H]C1([2H])CN(C(C)=O)CC([2H])([2H])C1([2H])C(C)(C)C. The summed E-state index contributed by atoms with van der Waals surface area (Å²) in [6, 6.07) is 0. The quantitative estimate of drug-likeness (QED) is 0.571. The lowest BCUT2D eigenvalue weighted by Crippen LogP contribution is -2.40. The van der Waals surface area contributed by atoms with Crippen molar-refractivity contribution in [2.24, 2.45) is 11.3 Å². The summed E-state index contributed by atoms with van der Waals surface area (Å²) >= 11 is 0. The van der Waals surface area contributed by atoms with Gasteiger partial charge in [-0.3, -0.25) is 4.79 Å². The molecular weight excluding hydrogens is 162 g/mol. The minimum Gasteiger partial charge on any atom is -0.343 e. The molecule has 0 aromatic heterocycles. The number of piperidine rings is 1. The van der Waals surface area contributed by atoms with Crippen molar-refractivity contribution in [2.75, 3.05) is 13.1 Å². The van der Waals surface area contributed by atoms with E-state index < -0.39 is 24.1 Å². The Hall–Kier alpha value is -0.530. The highest BCUT2D eigenvalue weighted by molar-refractivity contribution is 5.73. The number of hydrogen-bond donors (Lipinski definition) is 0. The van der Waals surface area contributed by atoms with Gasteiger partial charge >= 0.3 is 0 Å². The minimum atomic E-state index is -2.10. The molecule has 0 N–H and O–H groups in total. The summed E-state index contributed by atoms with van der Waals surface area (Å²) in [6.45, 7) is 5.82. The molecule has 1 heterocycles. The standard InChI is InChI=1S/C11H21NO/c1-9(13)12-7-5-10(6-8-12)11(2,3)4/h10H,5-8H2,1-4H3/i5D2,6D2,10D. The predicted octanol–water partition coefficient (Wildman–Crippen LogP) is 2.29. The van der Waals surface area contributed by atoms with Crippen LogP contribution in [0, 0.1) is 11.3 Å². The van der Waals surface area contributed by atoms with Crippen LogP contribution in [0.5, 0.6) is 0 Å². The second kappa shape index (κ2) is 3.69. The molecule has 13 heavy (non-hydrogen) atoms. The number of carbonyl (C=O) groups excluding carboxylic acids is 1. The van der Waals surface area contributed by atoms with Crippen LogP contribution in [0.3, 0.4) is 0 Å². The molecule has 0 radical (unpaired) electrons. The zero-order valence-corrected chi connectivity index (χ0v) is 8.77. The first kappa shape index (κ1) is 5.38. The van der Waals surface area contributed by atoms with Crippen LogP contribution >= 0.6 is 0 Å². The fraction of sp³-hybridized carbons (Fsp3) is 0.909. The van der Waals surface area contributed by atoms with E-state index in [1.165, 1.54) is 6.92 Å². The molecule has 1 rings (SSSR count). The van der Waals surface area contributed by atoms with Crippen molar-refractivity contribution in [3.8, 4) is 0 Å². The summed E-state index contributed by atoms with van der Waals surface area (Å²) in [4.78, 5) is 12.5. The number of carbonyl (C=O) groups is 1. The summed E-state index contributed by atoms with van der Waals surface area (Å²) in [5, 5.41) is 0. The van der Waals surface area contributed by atoms with Crippen molar-refractivity contribution < 1.29 is 11.6 Å². The smallest absolute Gasteiger partial charge is 0.219 e. The van der Waals surface area contributed by atoms with Gasteiger partial charge in [0.2, 0.25) is 5.91 Å². The largest absolute Gasteiger partial charge is 0.343 e. The van der Waals surface area contributed by atoms with Gasteiger partial charge in [0.15, 0.2) is 0 Å². The highest BCUT2D eigenvalue weighted by Gasteiger charge is 2.29. The molecule has 2 nitrogen and oxygen atoms in total. The van der Waals surface area contributed by atoms with Crippen molar-refractivity contribution in [2.45, 2.75) is 40.4 Å². The van der Waals surface area contributed by atoms with Gasteiger partial charge in [0.05, 0.1) is 0 Å². The van der Waals surface area contributed by atoms with Crippen molar-refractivity contribution in [3.05, 3.63) is 0 Å². The van der Waals surface area contributed by atoms with Crippen LogP contribution in [0.25, 0.3) is 0 Å². The van der Waals surface area contributed by atoms with E-state index in [4.69, 9.17) is 6.85 Å². The van der Waals surface area contributed by atoms with Crippen LogP contribution in [-0.4, -0.2) is 23.9 Å². The molecule has 1 aliphatic rings. The Balaban J connectivity index is 3.33. The van der Waals surface area contributed by atoms with Crippen molar-refractivity contribution in [1.29, 1.82) is 0 Å². The highest BCUT2D eigenvalue weighted by Crippen LogP contribution is 2.34. The van der Waals surface area contributed by atoms with Gasteiger partial charge in [-0.2, -0.15) is 0 Å².